The van der Waals surface area contributed by atoms with Crippen LogP contribution in [0.3, 0.4) is 0 Å². The lowest BCUT2D eigenvalue weighted by Gasteiger charge is -2.23. The summed E-state index contributed by atoms with van der Waals surface area (Å²) in [7, 11) is 0. The largest absolute Gasteiger partial charge is 0.463 e. The number of esters is 2. The van der Waals surface area contributed by atoms with Gasteiger partial charge in [0.15, 0.2) is 4.80 Å². The van der Waals surface area contributed by atoms with Gasteiger partial charge < -0.3 is 14.0 Å². The van der Waals surface area contributed by atoms with Gasteiger partial charge in [0.05, 0.1) is 34.6 Å². The van der Waals surface area contributed by atoms with Crippen molar-refractivity contribution in [3.8, 4) is 5.69 Å². The highest BCUT2D eigenvalue weighted by Gasteiger charge is 2.34. The Morgan fingerprint density at radius 2 is 1.73 bits per heavy atom. The van der Waals surface area contributed by atoms with Gasteiger partial charge in [0.2, 0.25) is 0 Å². The normalized spacial score (nSPS) is 15.1. The van der Waals surface area contributed by atoms with E-state index >= 15 is 0 Å². The fourth-order valence-corrected chi connectivity index (χ4v) is 6.80. The van der Waals surface area contributed by atoms with Crippen LogP contribution < -0.4 is 14.9 Å². The zero-order chi connectivity index (χ0) is 28.6. The standard InChI is InChI=1S/C30H29N3O5S2/c1-6-37-28(35)20-10-12-22(13-11-20)32-17(3)15-21(19(32)5)16-24-27(34)33-26(23-9-8-14-39-23)25(29(36)38-7-2)18(4)31-30(33)40-24/h8-16,26H,6-7H2,1-5H3. The molecular formula is C30H29N3O5S2. The average Bonchev–Trinajstić information content (AvgIpc) is 3.63. The van der Waals surface area contributed by atoms with Gasteiger partial charge in [-0.15, -0.1) is 11.3 Å². The minimum atomic E-state index is -0.595. The lowest BCUT2D eigenvalue weighted by Crippen LogP contribution is -2.39. The van der Waals surface area contributed by atoms with E-state index in [1.165, 1.54) is 22.7 Å². The summed E-state index contributed by atoms with van der Waals surface area (Å²) in [5.41, 5.74) is 4.94. The Kier molecular flexibility index (Phi) is 7.73. The number of benzene rings is 1. The number of hydrogen-bond donors (Lipinski definition) is 0. The van der Waals surface area contributed by atoms with E-state index in [0.717, 1.165) is 27.5 Å². The van der Waals surface area contributed by atoms with Crippen LogP contribution in [0.15, 0.2) is 68.9 Å². The maximum Gasteiger partial charge on any atom is 0.338 e. The van der Waals surface area contributed by atoms with Gasteiger partial charge in [-0.25, -0.2) is 14.6 Å². The van der Waals surface area contributed by atoms with Crippen molar-refractivity contribution in [2.75, 3.05) is 13.2 Å². The van der Waals surface area contributed by atoms with Gasteiger partial charge in [-0.1, -0.05) is 17.4 Å². The summed E-state index contributed by atoms with van der Waals surface area (Å²) in [5, 5.41) is 1.93. The second-order valence-electron chi connectivity index (χ2n) is 9.25. The molecule has 8 nitrogen and oxygen atoms in total. The van der Waals surface area contributed by atoms with Crippen molar-refractivity contribution in [3.05, 3.63) is 106 Å². The highest BCUT2D eigenvalue weighted by molar-refractivity contribution is 7.10. The predicted octanol–water partition coefficient (Wildman–Crippen LogP) is 4.44. The van der Waals surface area contributed by atoms with E-state index in [0.29, 0.717) is 32.8 Å². The lowest BCUT2D eigenvalue weighted by atomic mass is 10.0. The number of fused-ring (bicyclic) bond motifs is 1. The van der Waals surface area contributed by atoms with E-state index in [-0.39, 0.29) is 18.1 Å². The van der Waals surface area contributed by atoms with Crippen LogP contribution in [0.2, 0.25) is 0 Å². The molecule has 1 unspecified atom stereocenters. The molecule has 10 heteroatoms. The highest BCUT2D eigenvalue weighted by Crippen LogP contribution is 2.33. The van der Waals surface area contributed by atoms with Crippen molar-refractivity contribution in [1.29, 1.82) is 0 Å². The highest BCUT2D eigenvalue weighted by atomic mass is 32.1. The molecule has 0 bridgehead atoms. The third kappa shape index (κ3) is 4.89. The Balaban J connectivity index is 1.59. The van der Waals surface area contributed by atoms with E-state index in [9.17, 15) is 14.4 Å². The first kappa shape index (κ1) is 27.5. The first-order valence-corrected chi connectivity index (χ1v) is 14.6. The molecule has 1 aromatic carbocycles. The number of aryl methyl sites for hydroxylation is 1. The molecule has 0 aliphatic carbocycles. The van der Waals surface area contributed by atoms with Crippen LogP contribution in [0.1, 0.15) is 59.0 Å². The average molecular weight is 576 g/mol. The Labute approximate surface area is 239 Å². The molecule has 5 rings (SSSR count). The minimum absolute atomic E-state index is 0.208. The number of rotatable bonds is 7. The number of thiophene rings is 1. The number of thiazole rings is 1. The molecule has 4 heterocycles. The summed E-state index contributed by atoms with van der Waals surface area (Å²) >= 11 is 2.79. The van der Waals surface area contributed by atoms with Gasteiger partial charge >= 0.3 is 11.9 Å². The summed E-state index contributed by atoms with van der Waals surface area (Å²) in [6.07, 6.45) is 1.88. The molecule has 0 saturated heterocycles. The smallest absolute Gasteiger partial charge is 0.338 e. The van der Waals surface area contributed by atoms with E-state index in [1.807, 2.05) is 55.6 Å². The van der Waals surface area contributed by atoms with E-state index in [4.69, 9.17) is 9.47 Å². The molecular weight excluding hydrogens is 546 g/mol. The number of carbonyl (C=O) groups is 2. The Morgan fingerprint density at radius 3 is 2.38 bits per heavy atom. The summed E-state index contributed by atoms with van der Waals surface area (Å²) in [5.74, 6) is -0.817. The molecule has 0 fully saturated rings. The summed E-state index contributed by atoms with van der Waals surface area (Å²) in [4.78, 5) is 44.9. The minimum Gasteiger partial charge on any atom is -0.463 e. The number of carbonyl (C=O) groups excluding carboxylic acids is 2. The number of ether oxygens (including phenoxy) is 2. The Morgan fingerprint density at radius 1 is 1.02 bits per heavy atom. The number of aromatic nitrogens is 2. The van der Waals surface area contributed by atoms with Crippen LogP contribution in [-0.2, 0) is 14.3 Å². The molecule has 40 heavy (non-hydrogen) atoms. The zero-order valence-corrected chi connectivity index (χ0v) is 24.5. The summed E-state index contributed by atoms with van der Waals surface area (Å²) in [6, 6.07) is 12.5. The molecule has 1 aliphatic heterocycles. The fraction of sp³-hybridized carbons (Fsp3) is 0.267. The Hall–Kier alpha value is -4.02. The van der Waals surface area contributed by atoms with Crippen molar-refractivity contribution in [1.82, 2.24) is 9.13 Å². The Bertz CT molecular complexity index is 1810. The van der Waals surface area contributed by atoms with Crippen molar-refractivity contribution in [3.63, 3.8) is 0 Å². The lowest BCUT2D eigenvalue weighted by molar-refractivity contribution is -0.139. The second-order valence-corrected chi connectivity index (χ2v) is 11.2. The molecule has 0 N–H and O–H groups in total. The molecule has 3 aromatic heterocycles. The van der Waals surface area contributed by atoms with Crippen molar-refractivity contribution in [2.45, 2.75) is 40.7 Å². The van der Waals surface area contributed by atoms with Crippen LogP contribution >= 0.6 is 22.7 Å². The number of allylic oxidation sites excluding steroid dienone is 1. The van der Waals surface area contributed by atoms with Crippen LogP contribution in [0.4, 0.5) is 0 Å². The molecule has 1 aliphatic rings. The van der Waals surface area contributed by atoms with Crippen molar-refractivity contribution < 1.29 is 19.1 Å². The predicted molar refractivity (Wildman–Crippen MR) is 156 cm³/mol. The van der Waals surface area contributed by atoms with E-state index in [2.05, 4.69) is 9.56 Å². The van der Waals surface area contributed by atoms with Gasteiger partial charge in [-0.3, -0.25) is 9.36 Å². The van der Waals surface area contributed by atoms with Crippen LogP contribution in [-0.4, -0.2) is 34.3 Å². The van der Waals surface area contributed by atoms with Gasteiger partial charge in [-0.05, 0) is 88.0 Å². The quantitative estimate of drug-likeness (QED) is 0.304. The number of hydrogen-bond acceptors (Lipinski definition) is 8. The SMILES string of the molecule is CCOC(=O)C1=C(C)N=c2sc(=Cc3cc(C)n(-c4ccc(C(=O)OCC)cc4)c3C)c(=O)n2C1c1cccs1. The van der Waals surface area contributed by atoms with Gasteiger partial charge in [0.1, 0.15) is 6.04 Å². The molecule has 1 atom stereocenters. The fourth-order valence-electron chi connectivity index (χ4n) is 4.94. The van der Waals surface area contributed by atoms with Crippen molar-refractivity contribution >= 4 is 40.7 Å². The molecule has 206 valence electrons. The van der Waals surface area contributed by atoms with Gasteiger partial charge in [0, 0.05) is 22.0 Å². The summed E-state index contributed by atoms with van der Waals surface area (Å²) < 4.78 is 14.6. The summed E-state index contributed by atoms with van der Waals surface area (Å²) in [6.45, 7) is 9.87. The zero-order valence-electron chi connectivity index (χ0n) is 22.9. The molecule has 0 amide bonds. The molecule has 0 saturated carbocycles. The van der Waals surface area contributed by atoms with Gasteiger partial charge in [-0.2, -0.15) is 0 Å². The van der Waals surface area contributed by atoms with Gasteiger partial charge in [0.25, 0.3) is 5.56 Å². The van der Waals surface area contributed by atoms with E-state index < -0.39 is 12.0 Å². The maximum absolute atomic E-state index is 13.8. The van der Waals surface area contributed by atoms with E-state index in [1.54, 1.807) is 37.5 Å². The van der Waals surface area contributed by atoms with Crippen LogP contribution in [0.5, 0.6) is 0 Å². The van der Waals surface area contributed by atoms with Crippen LogP contribution in [0, 0.1) is 13.8 Å². The molecule has 0 spiro atoms. The molecule has 0 radical (unpaired) electrons. The van der Waals surface area contributed by atoms with Crippen LogP contribution in [0.25, 0.3) is 11.8 Å². The monoisotopic (exact) mass is 575 g/mol. The second kappa shape index (κ2) is 11.2. The molecule has 4 aromatic rings. The van der Waals surface area contributed by atoms with Crippen molar-refractivity contribution in [2.24, 2.45) is 4.99 Å². The first-order chi connectivity index (χ1) is 19.2. The third-order valence-electron chi connectivity index (χ3n) is 6.72. The first-order valence-electron chi connectivity index (χ1n) is 12.9. The topological polar surface area (TPSA) is 91.9 Å². The maximum atomic E-state index is 13.8. The third-order valence-corrected chi connectivity index (χ3v) is 8.63. The number of nitrogens with zero attached hydrogens (tertiary/aromatic N) is 3.